The molecule has 6 nitrogen and oxygen atoms in total. The summed E-state index contributed by atoms with van der Waals surface area (Å²) in [5.41, 5.74) is 7.87. The molecule has 6 N–H and O–H groups in total. The van der Waals surface area contributed by atoms with Crippen molar-refractivity contribution in [2.24, 2.45) is 10.8 Å². The zero-order chi connectivity index (χ0) is 12.3. The highest BCUT2D eigenvalue weighted by atomic mass is 32.1. The molecule has 1 aromatic carbocycles. The van der Waals surface area contributed by atoms with Gasteiger partial charge in [-0.3, -0.25) is 5.43 Å². The Bertz CT molecular complexity index is 436. The van der Waals surface area contributed by atoms with E-state index in [0.717, 1.165) is 12.1 Å². The van der Waals surface area contributed by atoms with E-state index in [1.165, 1.54) is 6.92 Å². The highest BCUT2D eigenvalue weighted by Gasteiger charge is 2.12. The summed E-state index contributed by atoms with van der Waals surface area (Å²) in [6.45, 7) is 1.54. The number of benzene rings is 1. The molecule has 0 aliphatic rings. The lowest BCUT2D eigenvalue weighted by molar-refractivity contribution is 0.426. The maximum atomic E-state index is 9.52. The van der Waals surface area contributed by atoms with Crippen molar-refractivity contribution in [2.45, 2.75) is 6.92 Å². The maximum absolute atomic E-state index is 9.52. The zero-order valence-electron chi connectivity index (χ0n) is 8.43. The Balaban J connectivity index is 3.13. The molecule has 0 aromatic heterocycles. The number of phenolic OH excluding ortho intramolecular Hbond substituents is 3. The van der Waals surface area contributed by atoms with Gasteiger partial charge >= 0.3 is 0 Å². The molecule has 0 atom stereocenters. The molecule has 0 bridgehead atoms. The fourth-order valence-electron chi connectivity index (χ4n) is 1.16. The highest BCUT2D eigenvalue weighted by molar-refractivity contribution is 7.80. The SMILES string of the molecule is C/C(=N\NC(N)=S)c1c(O)cc(O)cc1O. The monoisotopic (exact) mass is 241 g/mol. The molecule has 0 heterocycles. The number of aromatic hydroxyl groups is 3. The number of hydrogen-bond donors (Lipinski definition) is 5. The molecular formula is C9H11N3O3S. The number of nitrogens with zero attached hydrogens (tertiary/aromatic N) is 1. The number of nitrogens with two attached hydrogens (primary N) is 1. The average Bonchev–Trinajstić information content (AvgIpc) is 2.12. The van der Waals surface area contributed by atoms with Crippen LogP contribution in [-0.2, 0) is 0 Å². The van der Waals surface area contributed by atoms with Crippen molar-refractivity contribution in [1.29, 1.82) is 0 Å². The van der Waals surface area contributed by atoms with E-state index in [1.54, 1.807) is 0 Å². The van der Waals surface area contributed by atoms with Gasteiger partial charge in [-0.25, -0.2) is 0 Å². The van der Waals surface area contributed by atoms with Crippen LogP contribution in [0.3, 0.4) is 0 Å². The second-order valence-electron chi connectivity index (χ2n) is 3.03. The Morgan fingerprint density at radius 3 is 2.25 bits per heavy atom. The van der Waals surface area contributed by atoms with Crippen molar-refractivity contribution in [2.75, 3.05) is 0 Å². The molecule has 0 spiro atoms. The minimum atomic E-state index is -0.288. The summed E-state index contributed by atoms with van der Waals surface area (Å²) in [4.78, 5) is 0. The van der Waals surface area contributed by atoms with Gasteiger partial charge in [-0.1, -0.05) is 0 Å². The molecular weight excluding hydrogens is 230 g/mol. The van der Waals surface area contributed by atoms with Crippen LogP contribution in [0.1, 0.15) is 12.5 Å². The van der Waals surface area contributed by atoms with Gasteiger partial charge in [0.1, 0.15) is 17.2 Å². The van der Waals surface area contributed by atoms with E-state index in [4.69, 9.17) is 10.8 Å². The predicted molar refractivity (Wildman–Crippen MR) is 63.6 cm³/mol. The summed E-state index contributed by atoms with van der Waals surface area (Å²) >= 11 is 4.54. The number of thiocarbonyl (C=S) groups is 1. The van der Waals surface area contributed by atoms with Crippen molar-refractivity contribution < 1.29 is 15.3 Å². The van der Waals surface area contributed by atoms with E-state index in [-0.39, 0.29) is 33.6 Å². The zero-order valence-corrected chi connectivity index (χ0v) is 9.25. The molecule has 16 heavy (non-hydrogen) atoms. The molecule has 1 aromatic rings. The molecule has 7 heteroatoms. The van der Waals surface area contributed by atoms with Crippen LogP contribution in [-0.4, -0.2) is 26.1 Å². The van der Waals surface area contributed by atoms with Crippen LogP contribution in [0.2, 0.25) is 0 Å². The summed E-state index contributed by atoms with van der Waals surface area (Å²) in [7, 11) is 0. The summed E-state index contributed by atoms with van der Waals surface area (Å²) in [6, 6.07) is 2.18. The molecule has 0 saturated heterocycles. The van der Waals surface area contributed by atoms with Gasteiger partial charge in [0, 0.05) is 12.1 Å². The lowest BCUT2D eigenvalue weighted by Gasteiger charge is -2.07. The Labute approximate surface area is 97.0 Å². The smallest absolute Gasteiger partial charge is 0.184 e. The van der Waals surface area contributed by atoms with Crippen molar-refractivity contribution >= 4 is 23.0 Å². The van der Waals surface area contributed by atoms with Crippen LogP contribution < -0.4 is 11.2 Å². The van der Waals surface area contributed by atoms with E-state index in [1.807, 2.05) is 0 Å². The summed E-state index contributed by atoms with van der Waals surface area (Å²) < 4.78 is 0. The van der Waals surface area contributed by atoms with E-state index in [2.05, 4.69) is 22.7 Å². The molecule has 0 fully saturated rings. The third kappa shape index (κ3) is 2.74. The Morgan fingerprint density at radius 1 is 1.31 bits per heavy atom. The Morgan fingerprint density at radius 2 is 1.81 bits per heavy atom. The lowest BCUT2D eigenvalue weighted by Crippen LogP contribution is -2.25. The number of hydrazone groups is 1. The van der Waals surface area contributed by atoms with Crippen molar-refractivity contribution in [3.8, 4) is 17.2 Å². The van der Waals surface area contributed by atoms with Crippen LogP contribution in [0.25, 0.3) is 0 Å². The van der Waals surface area contributed by atoms with Gasteiger partial charge in [0.15, 0.2) is 5.11 Å². The van der Waals surface area contributed by atoms with Gasteiger partial charge in [-0.15, -0.1) is 0 Å². The number of nitrogens with one attached hydrogen (secondary N) is 1. The van der Waals surface area contributed by atoms with Gasteiger partial charge in [0.05, 0.1) is 11.3 Å². The predicted octanol–water partition coefficient (Wildman–Crippen LogP) is 0.361. The first-order valence-corrected chi connectivity index (χ1v) is 4.67. The van der Waals surface area contributed by atoms with E-state index in [0.29, 0.717) is 0 Å². The van der Waals surface area contributed by atoms with Crippen LogP contribution in [0, 0.1) is 0 Å². The first kappa shape index (κ1) is 12.1. The largest absolute Gasteiger partial charge is 0.508 e. The number of hydrogen-bond acceptors (Lipinski definition) is 5. The molecule has 86 valence electrons. The van der Waals surface area contributed by atoms with E-state index in [9.17, 15) is 10.2 Å². The molecule has 0 aliphatic carbocycles. The van der Waals surface area contributed by atoms with Crippen molar-refractivity contribution in [3.05, 3.63) is 17.7 Å². The van der Waals surface area contributed by atoms with E-state index >= 15 is 0 Å². The number of rotatable bonds is 2. The van der Waals surface area contributed by atoms with Gasteiger partial charge in [0.25, 0.3) is 0 Å². The molecule has 0 unspecified atom stereocenters. The summed E-state index contributed by atoms with van der Waals surface area (Å²) in [5, 5.41) is 31.8. The maximum Gasteiger partial charge on any atom is 0.184 e. The quantitative estimate of drug-likeness (QED) is 0.290. The first-order chi connectivity index (χ1) is 7.41. The average molecular weight is 241 g/mol. The highest BCUT2D eigenvalue weighted by Crippen LogP contribution is 2.32. The topological polar surface area (TPSA) is 111 Å². The Hall–Kier alpha value is -2.02. The van der Waals surface area contributed by atoms with Gasteiger partial charge in [-0.05, 0) is 19.1 Å². The minimum Gasteiger partial charge on any atom is -0.508 e. The third-order valence-corrected chi connectivity index (χ3v) is 1.87. The van der Waals surface area contributed by atoms with Crippen LogP contribution >= 0.6 is 12.2 Å². The molecule has 0 aliphatic heterocycles. The fraction of sp³-hybridized carbons (Fsp3) is 0.111. The normalized spacial score (nSPS) is 11.2. The minimum absolute atomic E-state index is 0.0305. The van der Waals surface area contributed by atoms with Crippen molar-refractivity contribution in [3.63, 3.8) is 0 Å². The second-order valence-corrected chi connectivity index (χ2v) is 3.47. The molecule has 0 saturated carbocycles. The number of phenols is 3. The fourth-order valence-corrected chi connectivity index (χ4v) is 1.21. The van der Waals surface area contributed by atoms with Gasteiger partial charge in [0.2, 0.25) is 0 Å². The van der Waals surface area contributed by atoms with E-state index < -0.39 is 0 Å². The van der Waals surface area contributed by atoms with Crippen LogP contribution in [0.5, 0.6) is 17.2 Å². The first-order valence-electron chi connectivity index (χ1n) is 4.27. The molecule has 0 radical (unpaired) electrons. The standard InChI is InChI=1S/C9H11N3O3S/c1-4(11-12-9(10)16)8-6(14)2-5(13)3-7(8)15/h2-3,13-15H,1H3,(H3,10,12,16)/b11-4+. The Kier molecular flexibility index (Phi) is 3.51. The molecule has 0 amide bonds. The second kappa shape index (κ2) is 4.67. The third-order valence-electron chi connectivity index (χ3n) is 1.78. The van der Waals surface area contributed by atoms with Crippen LogP contribution in [0.15, 0.2) is 17.2 Å². The summed E-state index contributed by atoms with van der Waals surface area (Å²) in [5.74, 6) is -0.819. The summed E-state index contributed by atoms with van der Waals surface area (Å²) in [6.07, 6.45) is 0. The van der Waals surface area contributed by atoms with Gasteiger partial charge in [-0.2, -0.15) is 5.10 Å². The van der Waals surface area contributed by atoms with Crippen molar-refractivity contribution in [1.82, 2.24) is 5.43 Å². The lowest BCUT2D eigenvalue weighted by atomic mass is 10.1. The van der Waals surface area contributed by atoms with Gasteiger partial charge < -0.3 is 21.1 Å². The van der Waals surface area contributed by atoms with Crippen LogP contribution in [0.4, 0.5) is 0 Å². The molecule has 1 rings (SSSR count).